The Morgan fingerprint density at radius 3 is 2.78 bits per heavy atom. The van der Waals surface area contributed by atoms with E-state index in [1.54, 1.807) is 12.1 Å². The predicted molar refractivity (Wildman–Crippen MR) is 72.9 cm³/mol. The van der Waals surface area contributed by atoms with Crippen LogP contribution in [0.15, 0.2) is 12.1 Å². The highest BCUT2D eigenvalue weighted by molar-refractivity contribution is 6.29. The average Bonchev–Trinajstić information content (AvgIpc) is 2.30. The molecule has 0 aliphatic carbocycles. The number of aromatic nitrogens is 1. The number of carbonyl (C=O) groups excluding carboxylic acids is 1. The molecule has 1 fully saturated rings. The van der Waals surface area contributed by atoms with E-state index in [2.05, 4.69) is 18.8 Å². The van der Waals surface area contributed by atoms with Gasteiger partial charge in [-0.1, -0.05) is 18.5 Å². The summed E-state index contributed by atoms with van der Waals surface area (Å²) in [5.41, 5.74) is 1.43. The van der Waals surface area contributed by atoms with Gasteiger partial charge in [-0.05, 0) is 44.7 Å². The molecule has 0 bridgehead atoms. The number of amides is 1. The lowest BCUT2D eigenvalue weighted by Gasteiger charge is -2.36. The Kier molecular flexibility index (Phi) is 3.91. The predicted octanol–water partition coefficient (Wildman–Crippen LogP) is 3.30. The van der Waals surface area contributed by atoms with Crippen LogP contribution in [0, 0.1) is 12.8 Å². The van der Waals surface area contributed by atoms with Crippen LogP contribution in [0.2, 0.25) is 5.15 Å². The van der Waals surface area contributed by atoms with Gasteiger partial charge < -0.3 is 4.90 Å². The SMILES string of the molecule is Cc1cc(C(=O)N2CC(C)CCC2C)cc(Cl)n1. The van der Waals surface area contributed by atoms with Crippen LogP contribution in [0.4, 0.5) is 0 Å². The number of hydrogen-bond donors (Lipinski definition) is 0. The molecule has 98 valence electrons. The Morgan fingerprint density at radius 1 is 1.39 bits per heavy atom. The van der Waals surface area contributed by atoms with E-state index in [-0.39, 0.29) is 5.91 Å². The number of halogens is 1. The summed E-state index contributed by atoms with van der Waals surface area (Å²) in [6.45, 7) is 6.99. The molecule has 0 N–H and O–H groups in total. The maximum absolute atomic E-state index is 12.5. The van der Waals surface area contributed by atoms with E-state index < -0.39 is 0 Å². The van der Waals surface area contributed by atoms with Crippen LogP contribution in [0.3, 0.4) is 0 Å². The second-order valence-corrected chi connectivity index (χ2v) is 5.70. The standard InChI is InChI=1S/C14H19ClN2O/c1-9-4-5-11(3)17(8-9)14(18)12-6-10(2)16-13(15)7-12/h6-7,9,11H,4-5,8H2,1-3H3. The average molecular weight is 267 g/mol. The third-order valence-corrected chi connectivity index (χ3v) is 3.74. The lowest BCUT2D eigenvalue weighted by molar-refractivity contribution is 0.0574. The Bertz CT molecular complexity index is 441. The first-order valence-electron chi connectivity index (χ1n) is 6.42. The fourth-order valence-corrected chi connectivity index (χ4v) is 2.74. The number of pyridine rings is 1. The molecule has 0 aromatic carbocycles. The number of likely N-dealkylation sites (tertiary alicyclic amines) is 1. The number of piperidine rings is 1. The molecule has 3 nitrogen and oxygen atoms in total. The summed E-state index contributed by atoms with van der Waals surface area (Å²) < 4.78 is 0. The Balaban J connectivity index is 2.24. The number of hydrogen-bond acceptors (Lipinski definition) is 2. The number of nitrogens with zero attached hydrogens (tertiary/aromatic N) is 2. The van der Waals surface area contributed by atoms with Gasteiger partial charge in [0, 0.05) is 23.8 Å². The molecular formula is C14H19ClN2O. The van der Waals surface area contributed by atoms with Gasteiger partial charge in [-0.25, -0.2) is 4.98 Å². The van der Waals surface area contributed by atoms with Crippen molar-refractivity contribution in [3.05, 3.63) is 28.5 Å². The van der Waals surface area contributed by atoms with E-state index in [1.165, 1.54) is 6.42 Å². The Hall–Kier alpha value is -1.09. The van der Waals surface area contributed by atoms with Gasteiger partial charge in [0.05, 0.1) is 0 Å². The van der Waals surface area contributed by atoms with E-state index in [1.807, 2.05) is 11.8 Å². The summed E-state index contributed by atoms with van der Waals surface area (Å²) in [4.78, 5) is 18.5. The lowest BCUT2D eigenvalue weighted by atomic mass is 9.94. The first-order valence-corrected chi connectivity index (χ1v) is 6.80. The highest BCUT2D eigenvalue weighted by Gasteiger charge is 2.27. The van der Waals surface area contributed by atoms with Gasteiger partial charge in [-0.15, -0.1) is 0 Å². The van der Waals surface area contributed by atoms with Gasteiger partial charge >= 0.3 is 0 Å². The van der Waals surface area contributed by atoms with E-state index >= 15 is 0 Å². The third kappa shape index (κ3) is 2.83. The van der Waals surface area contributed by atoms with Crippen molar-refractivity contribution in [1.82, 2.24) is 9.88 Å². The fraction of sp³-hybridized carbons (Fsp3) is 0.571. The molecule has 2 rings (SSSR count). The molecule has 2 atom stereocenters. The third-order valence-electron chi connectivity index (χ3n) is 3.55. The van der Waals surface area contributed by atoms with Crippen LogP contribution in [-0.4, -0.2) is 28.4 Å². The Morgan fingerprint density at radius 2 is 2.11 bits per heavy atom. The number of carbonyl (C=O) groups is 1. The van der Waals surface area contributed by atoms with Crippen molar-refractivity contribution in [2.45, 2.75) is 39.7 Å². The molecule has 1 aliphatic rings. The van der Waals surface area contributed by atoms with Crippen LogP contribution in [0.25, 0.3) is 0 Å². The summed E-state index contributed by atoms with van der Waals surface area (Å²) in [5, 5.41) is 0.385. The van der Waals surface area contributed by atoms with Gasteiger partial charge in [0.25, 0.3) is 5.91 Å². The summed E-state index contributed by atoms with van der Waals surface area (Å²) in [6, 6.07) is 3.77. The summed E-state index contributed by atoms with van der Waals surface area (Å²) in [5.74, 6) is 0.644. The normalized spacial score (nSPS) is 24.1. The molecule has 2 unspecified atom stereocenters. The maximum atomic E-state index is 12.5. The molecule has 1 saturated heterocycles. The van der Waals surface area contributed by atoms with Crippen LogP contribution in [0.1, 0.15) is 42.7 Å². The molecule has 0 saturated carbocycles. The molecule has 18 heavy (non-hydrogen) atoms. The topological polar surface area (TPSA) is 33.2 Å². The van der Waals surface area contributed by atoms with Crippen molar-refractivity contribution in [3.8, 4) is 0 Å². The monoisotopic (exact) mass is 266 g/mol. The molecule has 0 spiro atoms. The van der Waals surface area contributed by atoms with Gasteiger partial charge in [0.15, 0.2) is 0 Å². The summed E-state index contributed by atoms with van der Waals surface area (Å²) in [6.07, 6.45) is 2.27. The summed E-state index contributed by atoms with van der Waals surface area (Å²) >= 11 is 5.92. The van der Waals surface area contributed by atoms with Crippen molar-refractivity contribution in [1.29, 1.82) is 0 Å². The van der Waals surface area contributed by atoms with Crippen molar-refractivity contribution in [3.63, 3.8) is 0 Å². The minimum atomic E-state index is 0.0708. The van der Waals surface area contributed by atoms with Crippen molar-refractivity contribution < 1.29 is 4.79 Å². The molecule has 1 aromatic heterocycles. The first kappa shape index (κ1) is 13.3. The minimum Gasteiger partial charge on any atom is -0.336 e. The van der Waals surface area contributed by atoms with Crippen molar-refractivity contribution in [2.75, 3.05) is 6.54 Å². The summed E-state index contributed by atoms with van der Waals surface area (Å²) in [7, 11) is 0. The maximum Gasteiger partial charge on any atom is 0.254 e. The Labute approximate surface area is 113 Å². The second-order valence-electron chi connectivity index (χ2n) is 5.31. The van der Waals surface area contributed by atoms with Crippen LogP contribution in [0.5, 0.6) is 0 Å². The zero-order chi connectivity index (χ0) is 13.3. The van der Waals surface area contributed by atoms with E-state index in [4.69, 9.17) is 11.6 Å². The van der Waals surface area contributed by atoms with Gasteiger partial charge in [-0.3, -0.25) is 4.79 Å². The first-order chi connectivity index (χ1) is 8.47. The van der Waals surface area contributed by atoms with Crippen molar-refractivity contribution >= 4 is 17.5 Å². The molecule has 4 heteroatoms. The zero-order valence-corrected chi connectivity index (χ0v) is 11.9. The lowest BCUT2D eigenvalue weighted by Crippen LogP contribution is -2.44. The molecule has 1 aliphatic heterocycles. The highest BCUT2D eigenvalue weighted by Crippen LogP contribution is 2.24. The van der Waals surface area contributed by atoms with Gasteiger partial charge in [-0.2, -0.15) is 0 Å². The molecule has 1 aromatic rings. The second kappa shape index (κ2) is 5.27. The highest BCUT2D eigenvalue weighted by atomic mass is 35.5. The van der Waals surface area contributed by atoms with Gasteiger partial charge in [0.2, 0.25) is 0 Å². The molecule has 0 radical (unpaired) electrons. The van der Waals surface area contributed by atoms with Crippen LogP contribution in [-0.2, 0) is 0 Å². The largest absolute Gasteiger partial charge is 0.336 e. The number of aryl methyl sites for hydroxylation is 1. The van der Waals surface area contributed by atoms with E-state index in [0.29, 0.717) is 22.7 Å². The minimum absolute atomic E-state index is 0.0708. The van der Waals surface area contributed by atoms with E-state index in [9.17, 15) is 4.79 Å². The molecule has 2 heterocycles. The smallest absolute Gasteiger partial charge is 0.254 e. The quantitative estimate of drug-likeness (QED) is 0.731. The molecule has 1 amide bonds. The van der Waals surface area contributed by atoms with Crippen LogP contribution >= 0.6 is 11.6 Å². The van der Waals surface area contributed by atoms with E-state index in [0.717, 1.165) is 18.7 Å². The van der Waals surface area contributed by atoms with Crippen molar-refractivity contribution in [2.24, 2.45) is 5.92 Å². The van der Waals surface area contributed by atoms with Crippen LogP contribution < -0.4 is 0 Å². The number of rotatable bonds is 1. The molecular weight excluding hydrogens is 248 g/mol. The zero-order valence-electron chi connectivity index (χ0n) is 11.1. The van der Waals surface area contributed by atoms with Gasteiger partial charge in [0.1, 0.15) is 5.15 Å². The fourth-order valence-electron chi connectivity index (χ4n) is 2.49.